The van der Waals surface area contributed by atoms with Gasteiger partial charge in [0.2, 0.25) is 11.8 Å². The van der Waals surface area contributed by atoms with Gasteiger partial charge in [0.15, 0.2) is 0 Å². The summed E-state index contributed by atoms with van der Waals surface area (Å²) in [4.78, 5) is 26.8. The second-order valence-corrected chi connectivity index (χ2v) is 4.73. The van der Waals surface area contributed by atoms with E-state index < -0.39 is 17.9 Å². The summed E-state index contributed by atoms with van der Waals surface area (Å²) in [5, 5.41) is 3.87. The fourth-order valence-electron chi connectivity index (χ4n) is 1.79. The number of pyridine rings is 1. The molecule has 0 fully saturated rings. The average molecular weight is 293 g/mol. The van der Waals surface area contributed by atoms with E-state index in [4.69, 9.17) is 23.1 Å². The Morgan fingerprint density at radius 2 is 2.15 bits per heavy atom. The minimum atomic E-state index is -1.01. The van der Waals surface area contributed by atoms with E-state index in [1.807, 2.05) is 6.07 Å². The van der Waals surface area contributed by atoms with Gasteiger partial charge in [-0.1, -0.05) is 17.7 Å². The number of aromatic nitrogens is 1. The summed E-state index contributed by atoms with van der Waals surface area (Å²) in [6.45, 7) is 0. The van der Waals surface area contributed by atoms with Crippen molar-refractivity contribution >= 4 is 40.0 Å². The van der Waals surface area contributed by atoms with Gasteiger partial charge >= 0.3 is 0 Å². The Balaban J connectivity index is 2.29. The molecule has 0 saturated carbocycles. The second kappa shape index (κ2) is 5.85. The van der Waals surface area contributed by atoms with E-state index in [-0.39, 0.29) is 6.42 Å². The highest BCUT2D eigenvalue weighted by Gasteiger charge is 2.17. The Hall–Kier alpha value is -2.18. The van der Waals surface area contributed by atoms with Gasteiger partial charge in [-0.3, -0.25) is 14.6 Å². The molecule has 0 aliphatic carbocycles. The van der Waals surface area contributed by atoms with Gasteiger partial charge in [0.1, 0.15) is 0 Å². The Morgan fingerprint density at radius 3 is 2.85 bits per heavy atom. The van der Waals surface area contributed by atoms with Crippen LogP contribution < -0.4 is 16.8 Å². The predicted octanol–water partition coefficient (Wildman–Crippen LogP) is 1.03. The summed E-state index contributed by atoms with van der Waals surface area (Å²) in [6, 6.07) is 5.90. The lowest BCUT2D eigenvalue weighted by Crippen LogP contribution is -2.39. The van der Waals surface area contributed by atoms with Crippen molar-refractivity contribution in [3.63, 3.8) is 0 Å². The maximum absolute atomic E-state index is 11.9. The van der Waals surface area contributed by atoms with Gasteiger partial charge in [0, 0.05) is 16.6 Å². The SMILES string of the molecule is NC(=O)CC(N)C(=O)Nc1cc(Cl)cc2cccnc12. The van der Waals surface area contributed by atoms with Crippen LogP contribution in [-0.2, 0) is 9.59 Å². The number of anilines is 1. The van der Waals surface area contributed by atoms with E-state index in [2.05, 4.69) is 10.3 Å². The zero-order valence-corrected chi connectivity index (χ0v) is 11.2. The lowest BCUT2D eigenvalue weighted by Gasteiger charge is -2.12. The third-order valence-electron chi connectivity index (χ3n) is 2.69. The van der Waals surface area contributed by atoms with Crippen molar-refractivity contribution in [1.29, 1.82) is 0 Å². The molecular weight excluding hydrogens is 280 g/mol. The predicted molar refractivity (Wildman–Crippen MR) is 77.2 cm³/mol. The number of carbonyl (C=O) groups is 2. The maximum atomic E-state index is 11.9. The molecular formula is C13H13ClN4O2. The number of nitrogens with zero attached hydrogens (tertiary/aromatic N) is 1. The summed E-state index contributed by atoms with van der Waals surface area (Å²) in [7, 11) is 0. The number of nitrogens with two attached hydrogens (primary N) is 2. The Bertz CT molecular complexity index is 674. The highest BCUT2D eigenvalue weighted by atomic mass is 35.5. The van der Waals surface area contributed by atoms with E-state index in [1.165, 1.54) is 0 Å². The summed E-state index contributed by atoms with van der Waals surface area (Å²) in [5.74, 6) is -1.15. The van der Waals surface area contributed by atoms with E-state index in [0.717, 1.165) is 5.39 Å². The number of rotatable bonds is 4. The number of halogens is 1. The molecule has 0 aliphatic heterocycles. The molecule has 1 unspecified atom stereocenters. The first-order valence-electron chi connectivity index (χ1n) is 5.86. The number of fused-ring (bicyclic) bond motifs is 1. The van der Waals surface area contributed by atoms with Crippen molar-refractivity contribution in [3.8, 4) is 0 Å². The molecule has 0 bridgehead atoms. The van der Waals surface area contributed by atoms with Gasteiger partial charge in [0.05, 0.1) is 23.7 Å². The maximum Gasteiger partial charge on any atom is 0.241 e. The molecule has 5 N–H and O–H groups in total. The van der Waals surface area contributed by atoms with Crippen molar-refractivity contribution in [2.24, 2.45) is 11.5 Å². The van der Waals surface area contributed by atoms with Crippen LogP contribution in [0.2, 0.25) is 5.02 Å². The van der Waals surface area contributed by atoms with Crippen LogP contribution in [0.15, 0.2) is 30.5 Å². The van der Waals surface area contributed by atoms with Crippen LogP contribution in [0.1, 0.15) is 6.42 Å². The van der Waals surface area contributed by atoms with Gasteiger partial charge < -0.3 is 16.8 Å². The Morgan fingerprint density at radius 1 is 1.40 bits per heavy atom. The number of primary amides is 1. The first kappa shape index (κ1) is 14.2. The number of amides is 2. The lowest BCUT2D eigenvalue weighted by molar-refractivity contribution is -0.123. The normalized spacial score (nSPS) is 12.1. The molecule has 2 rings (SSSR count). The number of hydrogen-bond donors (Lipinski definition) is 3. The van der Waals surface area contributed by atoms with Crippen LogP contribution in [0, 0.1) is 0 Å². The standard InChI is InChI=1S/C13H13ClN4O2/c14-8-4-7-2-1-3-17-12(7)10(5-8)18-13(20)9(15)6-11(16)19/h1-5,9H,6,15H2,(H2,16,19)(H,18,20). The minimum Gasteiger partial charge on any atom is -0.370 e. The molecule has 20 heavy (non-hydrogen) atoms. The quantitative estimate of drug-likeness (QED) is 0.781. The first-order chi connectivity index (χ1) is 9.47. The van der Waals surface area contributed by atoms with E-state index in [9.17, 15) is 9.59 Å². The van der Waals surface area contributed by atoms with E-state index >= 15 is 0 Å². The Kier molecular flexibility index (Phi) is 4.16. The smallest absolute Gasteiger partial charge is 0.241 e. The molecule has 2 amide bonds. The monoisotopic (exact) mass is 292 g/mol. The summed E-state index contributed by atoms with van der Waals surface area (Å²) < 4.78 is 0. The van der Waals surface area contributed by atoms with Crippen LogP contribution in [0.5, 0.6) is 0 Å². The second-order valence-electron chi connectivity index (χ2n) is 4.29. The van der Waals surface area contributed by atoms with Gasteiger partial charge in [-0.15, -0.1) is 0 Å². The molecule has 1 aromatic carbocycles. The van der Waals surface area contributed by atoms with Crippen molar-refractivity contribution in [2.75, 3.05) is 5.32 Å². The van der Waals surface area contributed by atoms with Crippen molar-refractivity contribution < 1.29 is 9.59 Å². The summed E-state index contributed by atoms with van der Waals surface area (Å²) >= 11 is 5.99. The molecule has 1 heterocycles. The molecule has 0 saturated heterocycles. The number of carbonyl (C=O) groups excluding carboxylic acids is 2. The highest BCUT2D eigenvalue weighted by molar-refractivity contribution is 6.32. The van der Waals surface area contributed by atoms with Crippen LogP contribution in [0.3, 0.4) is 0 Å². The molecule has 7 heteroatoms. The van der Waals surface area contributed by atoms with Crippen LogP contribution in [0.25, 0.3) is 10.9 Å². The molecule has 0 spiro atoms. The fraction of sp³-hybridized carbons (Fsp3) is 0.154. The molecule has 6 nitrogen and oxygen atoms in total. The number of hydrogen-bond acceptors (Lipinski definition) is 4. The third-order valence-corrected chi connectivity index (χ3v) is 2.90. The highest BCUT2D eigenvalue weighted by Crippen LogP contribution is 2.26. The molecule has 1 atom stereocenters. The van der Waals surface area contributed by atoms with Crippen LogP contribution in [0.4, 0.5) is 5.69 Å². The Labute approximate surface area is 120 Å². The fourth-order valence-corrected chi connectivity index (χ4v) is 2.01. The summed E-state index contributed by atoms with van der Waals surface area (Å²) in [6.07, 6.45) is 1.38. The van der Waals surface area contributed by atoms with Gasteiger partial charge in [-0.05, 0) is 18.2 Å². The van der Waals surface area contributed by atoms with Gasteiger partial charge in [-0.25, -0.2) is 0 Å². The van der Waals surface area contributed by atoms with Gasteiger partial charge in [-0.2, -0.15) is 0 Å². The molecule has 104 valence electrons. The zero-order valence-electron chi connectivity index (χ0n) is 10.5. The zero-order chi connectivity index (χ0) is 14.7. The number of nitrogens with one attached hydrogen (secondary N) is 1. The molecule has 2 aromatic rings. The summed E-state index contributed by atoms with van der Waals surface area (Å²) in [5.41, 5.74) is 11.6. The van der Waals surface area contributed by atoms with Crippen molar-refractivity contribution in [1.82, 2.24) is 4.98 Å². The minimum absolute atomic E-state index is 0.224. The van der Waals surface area contributed by atoms with Crippen molar-refractivity contribution in [3.05, 3.63) is 35.5 Å². The lowest BCUT2D eigenvalue weighted by atomic mass is 10.1. The third kappa shape index (κ3) is 3.23. The average Bonchev–Trinajstić information content (AvgIpc) is 2.37. The van der Waals surface area contributed by atoms with E-state index in [1.54, 1.807) is 24.4 Å². The van der Waals surface area contributed by atoms with Crippen LogP contribution >= 0.6 is 11.6 Å². The largest absolute Gasteiger partial charge is 0.370 e. The molecule has 0 radical (unpaired) electrons. The molecule has 1 aromatic heterocycles. The number of benzene rings is 1. The first-order valence-corrected chi connectivity index (χ1v) is 6.24. The molecule has 0 aliphatic rings. The van der Waals surface area contributed by atoms with Gasteiger partial charge in [0.25, 0.3) is 0 Å². The van der Waals surface area contributed by atoms with E-state index in [0.29, 0.717) is 16.2 Å². The van der Waals surface area contributed by atoms with Crippen molar-refractivity contribution in [2.45, 2.75) is 12.5 Å². The van der Waals surface area contributed by atoms with Crippen LogP contribution in [-0.4, -0.2) is 22.8 Å². The topological polar surface area (TPSA) is 111 Å².